The summed E-state index contributed by atoms with van der Waals surface area (Å²) in [5.74, 6) is 0.872. The smallest absolute Gasteiger partial charge is 0.0343 e. The number of nitrogens with zero attached hydrogens (tertiary/aromatic N) is 1. The predicted octanol–water partition coefficient (Wildman–Crippen LogP) is 3.24. The summed E-state index contributed by atoms with van der Waals surface area (Å²) in [7, 11) is 0. The van der Waals surface area contributed by atoms with Crippen LogP contribution in [0.3, 0.4) is 0 Å². The Kier molecular flexibility index (Phi) is 5.22. The molecule has 2 heteroatoms. The Morgan fingerprint density at radius 3 is 2.20 bits per heavy atom. The van der Waals surface area contributed by atoms with Crippen molar-refractivity contribution in [2.24, 2.45) is 11.7 Å². The second-order valence-electron chi connectivity index (χ2n) is 6.72. The molecule has 1 atom stereocenters. The van der Waals surface area contributed by atoms with Crippen molar-refractivity contribution in [1.82, 2.24) is 4.90 Å². The van der Waals surface area contributed by atoms with Gasteiger partial charge in [-0.3, -0.25) is 4.90 Å². The molecule has 1 aliphatic rings. The Bertz CT molecular complexity index is 404. The molecule has 0 spiro atoms. The van der Waals surface area contributed by atoms with E-state index >= 15 is 0 Å². The summed E-state index contributed by atoms with van der Waals surface area (Å²) in [6, 6.07) is 9.06. The first-order valence-electron chi connectivity index (χ1n) is 8.10. The van der Waals surface area contributed by atoms with Crippen LogP contribution in [0.5, 0.6) is 0 Å². The van der Waals surface area contributed by atoms with E-state index in [0.717, 1.165) is 25.3 Å². The van der Waals surface area contributed by atoms with E-state index in [2.05, 4.69) is 49.9 Å². The first-order chi connectivity index (χ1) is 9.57. The van der Waals surface area contributed by atoms with Gasteiger partial charge < -0.3 is 5.73 Å². The lowest BCUT2D eigenvalue weighted by atomic mass is 9.87. The molecular weight excluding hydrogens is 244 g/mol. The molecule has 1 aliphatic heterocycles. The Labute approximate surface area is 124 Å². The summed E-state index contributed by atoms with van der Waals surface area (Å²) in [4.78, 5) is 2.61. The standard InChI is InChI=1S/C18H30N2/c1-4-16-5-7-17(8-6-16)13-18(3,14-19)20-11-9-15(2)10-12-20/h5-8,15H,4,9-14,19H2,1-3H3. The van der Waals surface area contributed by atoms with Gasteiger partial charge in [-0.25, -0.2) is 0 Å². The molecule has 1 aromatic rings. The van der Waals surface area contributed by atoms with Gasteiger partial charge in [0.1, 0.15) is 0 Å². The van der Waals surface area contributed by atoms with E-state index in [1.54, 1.807) is 0 Å². The molecule has 0 saturated carbocycles. The third-order valence-electron chi connectivity index (χ3n) is 5.00. The van der Waals surface area contributed by atoms with Gasteiger partial charge in [0.25, 0.3) is 0 Å². The van der Waals surface area contributed by atoms with Crippen molar-refractivity contribution < 1.29 is 0 Å². The van der Waals surface area contributed by atoms with E-state index in [0.29, 0.717) is 0 Å². The monoisotopic (exact) mass is 274 g/mol. The van der Waals surface area contributed by atoms with Gasteiger partial charge in [-0.05, 0) is 62.7 Å². The fourth-order valence-corrected chi connectivity index (χ4v) is 3.19. The summed E-state index contributed by atoms with van der Waals surface area (Å²) in [5.41, 5.74) is 9.06. The largest absolute Gasteiger partial charge is 0.329 e. The van der Waals surface area contributed by atoms with Crippen LogP contribution in [0.4, 0.5) is 0 Å². The Hall–Kier alpha value is -0.860. The lowest BCUT2D eigenvalue weighted by Gasteiger charge is -2.44. The van der Waals surface area contributed by atoms with Crippen LogP contribution in [-0.2, 0) is 12.8 Å². The molecule has 112 valence electrons. The number of aryl methyl sites for hydroxylation is 1. The first kappa shape index (κ1) is 15.5. The average Bonchev–Trinajstić information content (AvgIpc) is 2.48. The van der Waals surface area contributed by atoms with E-state index in [1.807, 2.05) is 0 Å². The van der Waals surface area contributed by atoms with Gasteiger partial charge in [0, 0.05) is 12.1 Å². The van der Waals surface area contributed by atoms with Crippen LogP contribution < -0.4 is 5.73 Å². The number of benzene rings is 1. The van der Waals surface area contributed by atoms with Crippen molar-refractivity contribution in [3.8, 4) is 0 Å². The summed E-state index contributed by atoms with van der Waals surface area (Å²) < 4.78 is 0. The quantitative estimate of drug-likeness (QED) is 0.893. The van der Waals surface area contributed by atoms with E-state index in [-0.39, 0.29) is 5.54 Å². The average molecular weight is 274 g/mol. The molecule has 2 rings (SSSR count). The van der Waals surface area contributed by atoms with Crippen molar-refractivity contribution in [2.45, 2.75) is 52.0 Å². The highest BCUT2D eigenvalue weighted by molar-refractivity contribution is 5.24. The van der Waals surface area contributed by atoms with Gasteiger partial charge in [0.05, 0.1) is 0 Å². The molecule has 20 heavy (non-hydrogen) atoms. The molecule has 1 aromatic carbocycles. The Balaban J connectivity index is 2.05. The van der Waals surface area contributed by atoms with Crippen LogP contribution in [0.25, 0.3) is 0 Å². The number of rotatable bonds is 5. The van der Waals surface area contributed by atoms with Crippen molar-refractivity contribution in [3.63, 3.8) is 0 Å². The highest BCUT2D eigenvalue weighted by Gasteiger charge is 2.32. The normalized spacial score (nSPS) is 20.8. The second-order valence-corrected chi connectivity index (χ2v) is 6.72. The zero-order valence-corrected chi connectivity index (χ0v) is 13.4. The van der Waals surface area contributed by atoms with Crippen molar-refractivity contribution in [2.75, 3.05) is 19.6 Å². The maximum Gasteiger partial charge on any atom is 0.0343 e. The molecule has 2 nitrogen and oxygen atoms in total. The maximum atomic E-state index is 6.13. The minimum atomic E-state index is 0.105. The maximum absolute atomic E-state index is 6.13. The van der Waals surface area contributed by atoms with Crippen LogP contribution in [0.2, 0.25) is 0 Å². The van der Waals surface area contributed by atoms with Crippen LogP contribution in [0.1, 0.15) is 44.7 Å². The fraction of sp³-hybridized carbons (Fsp3) is 0.667. The van der Waals surface area contributed by atoms with Crippen molar-refractivity contribution in [1.29, 1.82) is 0 Å². The molecular formula is C18H30N2. The van der Waals surface area contributed by atoms with Crippen LogP contribution in [0.15, 0.2) is 24.3 Å². The van der Waals surface area contributed by atoms with Crippen LogP contribution in [-0.4, -0.2) is 30.1 Å². The highest BCUT2D eigenvalue weighted by atomic mass is 15.2. The molecule has 0 aliphatic carbocycles. The first-order valence-corrected chi connectivity index (χ1v) is 8.10. The second kappa shape index (κ2) is 6.73. The Morgan fingerprint density at radius 1 is 1.15 bits per heavy atom. The minimum absolute atomic E-state index is 0.105. The number of hydrogen-bond acceptors (Lipinski definition) is 2. The molecule has 0 bridgehead atoms. The SMILES string of the molecule is CCc1ccc(CC(C)(CN)N2CCC(C)CC2)cc1. The third kappa shape index (κ3) is 3.62. The summed E-state index contributed by atoms with van der Waals surface area (Å²) >= 11 is 0. The topological polar surface area (TPSA) is 29.3 Å². The number of likely N-dealkylation sites (tertiary alicyclic amines) is 1. The van der Waals surface area contributed by atoms with Crippen molar-refractivity contribution in [3.05, 3.63) is 35.4 Å². The Morgan fingerprint density at radius 2 is 1.70 bits per heavy atom. The molecule has 0 aromatic heterocycles. The zero-order chi connectivity index (χ0) is 14.6. The zero-order valence-electron chi connectivity index (χ0n) is 13.4. The van der Waals surface area contributed by atoms with Crippen LogP contribution in [0, 0.1) is 5.92 Å². The lowest BCUT2D eigenvalue weighted by molar-refractivity contribution is 0.0709. The van der Waals surface area contributed by atoms with E-state index in [9.17, 15) is 0 Å². The van der Waals surface area contributed by atoms with Gasteiger partial charge in [-0.2, -0.15) is 0 Å². The fourth-order valence-electron chi connectivity index (χ4n) is 3.19. The van der Waals surface area contributed by atoms with E-state index < -0.39 is 0 Å². The molecule has 2 N–H and O–H groups in total. The summed E-state index contributed by atoms with van der Waals surface area (Å²) in [6.07, 6.45) is 4.79. The molecule has 1 unspecified atom stereocenters. The summed E-state index contributed by atoms with van der Waals surface area (Å²) in [6.45, 7) is 10.0. The minimum Gasteiger partial charge on any atom is -0.329 e. The predicted molar refractivity (Wildman–Crippen MR) is 87.0 cm³/mol. The molecule has 0 amide bonds. The van der Waals surface area contributed by atoms with E-state index in [1.165, 1.54) is 37.1 Å². The van der Waals surface area contributed by atoms with Crippen LogP contribution >= 0.6 is 0 Å². The van der Waals surface area contributed by atoms with Gasteiger partial charge in [-0.15, -0.1) is 0 Å². The number of nitrogens with two attached hydrogens (primary N) is 1. The van der Waals surface area contributed by atoms with Gasteiger partial charge in [0.2, 0.25) is 0 Å². The van der Waals surface area contributed by atoms with Gasteiger partial charge in [0.15, 0.2) is 0 Å². The molecule has 0 radical (unpaired) electrons. The lowest BCUT2D eigenvalue weighted by Crippen LogP contribution is -2.55. The number of hydrogen-bond donors (Lipinski definition) is 1. The molecule has 1 saturated heterocycles. The van der Waals surface area contributed by atoms with E-state index in [4.69, 9.17) is 5.73 Å². The van der Waals surface area contributed by atoms with Crippen molar-refractivity contribution >= 4 is 0 Å². The molecule has 1 fully saturated rings. The van der Waals surface area contributed by atoms with Gasteiger partial charge >= 0.3 is 0 Å². The third-order valence-corrected chi connectivity index (χ3v) is 5.00. The number of piperidine rings is 1. The summed E-state index contributed by atoms with van der Waals surface area (Å²) in [5, 5.41) is 0. The molecule has 1 heterocycles. The highest BCUT2D eigenvalue weighted by Crippen LogP contribution is 2.26. The van der Waals surface area contributed by atoms with Gasteiger partial charge in [-0.1, -0.05) is 38.1 Å².